The Kier molecular flexibility index (Phi) is 5.52. The summed E-state index contributed by atoms with van der Waals surface area (Å²) in [6.45, 7) is -0.351. The maximum absolute atomic E-state index is 13.1. The highest BCUT2D eigenvalue weighted by molar-refractivity contribution is 5.55. The molecule has 0 aliphatic carbocycles. The number of alkyl halides is 6. The van der Waals surface area contributed by atoms with Crippen molar-refractivity contribution in [1.29, 1.82) is 0 Å². The van der Waals surface area contributed by atoms with Gasteiger partial charge in [-0.3, -0.25) is 10.1 Å². The second-order valence-corrected chi connectivity index (χ2v) is 5.26. The number of nitro groups is 1. The highest BCUT2D eigenvalue weighted by atomic mass is 19.4. The monoisotopic (exact) mass is 395 g/mol. The van der Waals surface area contributed by atoms with E-state index in [0.717, 1.165) is 0 Å². The number of nitrogens with zero attached hydrogens (tertiary/aromatic N) is 1. The Balaban J connectivity index is 2.45. The smallest absolute Gasteiger partial charge is 0.423 e. The molecule has 11 heteroatoms. The molecule has 0 saturated heterocycles. The maximum atomic E-state index is 13.1. The SMILES string of the molecule is COc1ccc(COc2cc(C(F)(F)F)c([N+](=O)[O-])c(C(F)(F)F)c2)cc1. The first-order chi connectivity index (χ1) is 12.4. The molecule has 0 N–H and O–H groups in total. The van der Waals surface area contributed by atoms with Gasteiger partial charge in [0.25, 0.3) is 5.69 Å². The van der Waals surface area contributed by atoms with Gasteiger partial charge >= 0.3 is 12.4 Å². The van der Waals surface area contributed by atoms with E-state index in [2.05, 4.69) is 0 Å². The predicted octanol–water partition coefficient (Wildman–Crippen LogP) is 5.22. The van der Waals surface area contributed by atoms with Crippen molar-refractivity contribution in [3.63, 3.8) is 0 Å². The molecule has 0 atom stereocenters. The summed E-state index contributed by atoms with van der Waals surface area (Å²) in [5, 5.41) is 10.8. The van der Waals surface area contributed by atoms with Crippen molar-refractivity contribution in [1.82, 2.24) is 0 Å². The molecule has 27 heavy (non-hydrogen) atoms. The number of ether oxygens (including phenoxy) is 2. The zero-order chi connectivity index (χ0) is 20.4. The van der Waals surface area contributed by atoms with Gasteiger partial charge in [0.05, 0.1) is 12.0 Å². The zero-order valence-electron chi connectivity index (χ0n) is 13.5. The summed E-state index contributed by atoms with van der Waals surface area (Å²) >= 11 is 0. The second kappa shape index (κ2) is 7.33. The van der Waals surface area contributed by atoms with Crippen LogP contribution in [0.4, 0.5) is 32.0 Å². The fourth-order valence-electron chi connectivity index (χ4n) is 2.21. The fourth-order valence-corrected chi connectivity index (χ4v) is 2.21. The van der Waals surface area contributed by atoms with Crippen LogP contribution < -0.4 is 9.47 Å². The van der Waals surface area contributed by atoms with Crippen LogP contribution in [0.2, 0.25) is 0 Å². The van der Waals surface area contributed by atoms with Crippen molar-refractivity contribution in [2.24, 2.45) is 0 Å². The molecule has 0 aliphatic heterocycles. The number of nitro benzene ring substituents is 1. The van der Waals surface area contributed by atoms with Crippen LogP contribution >= 0.6 is 0 Å². The van der Waals surface area contributed by atoms with Crippen LogP contribution in [0.5, 0.6) is 11.5 Å². The minimum absolute atomic E-state index is 0.177. The molecule has 0 unspecified atom stereocenters. The number of hydrogen-bond acceptors (Lipinski definition) is 4. The van der Waals surface area contributed by atoms with E-state index >= 15 is 0 Å². The summed E-state index contributed by atoms with van der Waals surface area (Å²) in [7, 11) is 1.42. The molecule has 0 saturated carbocycles. The third kappa shape index (κ3) is 4.80. The molecule has 2 aromatic carbocycles. The molecule has 2 rings (SSSR count). The normalized spacial score (nSPS) is 12.0. The van der Waals surface area contributed by atoms with Crippen LogP contribution in [0.3, 0.4) is 0 Å². The van der Waals surface area contributed by atoms with Crippen molar-refractivity contribution >= 4 is 5.69 Å². The lowest BCUT2D eigenvalue weighted by Gasteiger charge is -2.16. The standard InChI is InChI=1S/C16H11F6NO4/c1-26-10-4-2-9(3-5-10)8-27-11-6-12(15(17,18)19)14(23(24)25)13(7-11)16(20,21)22/h2-7H,8H2,1H3. The third-order valence-corrected chi connectivity index (χ3v) is 3.44. The van der Waals surface area contributed by atoms with Gasteiger partial charge in [-0.15, -0.1) is 0 Å². The van der Waals surface area contributed by atoms with Crippen molar-refractivity contribution in [3.05, 3.63) is 63.2 Å². The molecule has 0 aromatic heterocycles. The van der Waals surface area contributed by atoms with E-state index in [9.17, 15) is 36.5 Å². The molecule has 0 heterocycles. The second-order valence-electron chi connectivity index (χ2n) is 5.26. The highest BCUT2D eigenvalue weighted by Gasteiger charge is 2.47. The Bertz CT molecular complexity index is 795. The number of rotatable bonds is 5. The Morgan fingerprint density at radius 1 is 0.926 bits per heavy atom. The summed E-state index contributed by atoms with van der Waals surface area (Å²) in [6, 6.07) is 6.40. The van der Waals surface area contributed by atoms with Crippen LogP contribution in [-0.2, 0) is 19.0 Å². The van der Waals surface area contributed by atoms with E-state index in [0.29, 0.717) is 11.3 Å². The van der Waals surface area contributed by atoms with Crippen LogP contribution in [0.25, 0.3) is 0 Å². The highest BCUT2D eigenvalue weighted by Crippen LogP contribution is 2.46. The van der Waals surface area contributed by atoms with Gasteiger partial charge in [-0.25, -0.2) is 0 Å². The Labute approximate surface area is 148 Å². The van der Waals surface area contributed by atoms with Gasteiger partial charge in [0.15, 0.2) is 0 Å². The first-order valence-corrected chi connectivity index (χ1v) is 7.16. The summed E-state index contributed by atoms with van der Waals surface area (Å²) in [5.74, 6) is -0.302. The molecule has 0 aliphatic rings. The fraction of sp³-hybridized carbons (Fsp3) is 0.250. The van der Waals surface area contributed by atoms with E-state index in [1.165, 1.54) is 31.4 Å². The quantitative estimate of drug-likeness (QED) is 0.396. The summed E-state index contributed by atoms with van der Waals surface area (Å²) in [4.78, 5) is 9.13. The average molecular weight is 395 g/mol. The van der Waals surface area contributed by atoms with Crippen molar-refractivity contribution in [3.8, 4) is 11.5 Å². The van der Waals surface area contributed by atoms with E-state index in [1.54, 1.807) is 0 Å². The maximum Gasteiger partial charge on any atom is 0.423 e. The Hall–Kier alpha value is -2.98. The van der Waals surface area contributed by atoms with Gasteiger partial charge in [-0.2, -0.15) is 26.3 Å². The lowest BCUT2D eigenvalue weighted by Crippen LogP contribution is -2.16. The van der Waals surface area contributed by atoms with Gasteiger partial charge in [0, 0.05) is 0 Å². The minimum Gasteiger partial charge on any atom is -0.497 e. The molecule has 0 radical (unpaired) electrons. The Morgan fingerprint density at radius 3 is 1.78 bits per heavy atom. The summed E-state index contributed by atoms with van der Waals surface area (Å²) in [6.07, 6.45) is -10.7. The van der Waals surface area contributed by atoms with Crippen molar-refractivity contribution in [2.75, 3.05) is 7.11 Å². The number of methoxy groups -OCH3 is 1. The molecular weight excluding hydrogens is 384 g/mol. The molecule has 0 fully saturated rings. The van der Waals surface area contributed by atoms with Gasteiger partial charge in [0.2, 0.25) is 0 Å². The lowest BCUT2D eigenvalue weighted by molar-refractivity contribution is -0.391. The topological polar surface area (TPSA) is 61.6 Å². The first kappa shape index (κ1) is 20.3. The largest absolute Gasteiger partial charge is 0.497 e. The number of hydrogen-bond donors (Lipinski definition) is 0. The molecule has 146 valence electrons. The van der Waals surface area contributed by atoms with Crippen molar-refractivity contribution in [2.45, 2.75) is 19.0 Å². The van der Waals surface area contributed by atoms with Gasteiger partial charge in [-0.1, -0.05) is 12.1 Å². The van der Waals surface area contributed by atoms with E-state index in [-0.39, 0.29) is 18.7 Å². The first-order valence-electron chi connectivity index (χ1n) is 7.16. The molecule has 5 nitrogen and oxygen atoms in total. The Morgan fingerprint density at radius 2 is 1.41 bits per heavy atom. The van der Waals surface area contributed by atoms with E-state index < -0.39 is 39.8 Å². The van der Waals surface area contributed by atoms with E-state index in [4.69, 9.17) is 9.47 Å². The van der Waals surface area contributed by atoms with Gasteiger partial charge in [0.1, 0.15) is 29.2 Å². The lowest BCUT2D eigenvalue weighted by atomic mass is 10.1. The van der Waals surface area contributed by atoms with E-state index in [1.807, 2.05) is 0 Å². The molecule has 0 amide bonds. The van der Waals surface area contributed by atoms with Gasteiger partial charge in [-0.05, 0) is 29.8 Å². The van der Waals surface area contributed by atoms with Crippen LogP contribution in [0.15, 0.2) is 36.4 Å². The summed E-state index contributed by atoms with van der Waals surface area (Å²) < 4.78 is 88.3. The van der Waals surface area contributed by atoms with Crippen LogP contribution in [0.1, 0.15) is 16.7 Å². The molecular formula is C16H11F6NO4. The van der Waals surface area contributed by atoms with Gasteiger partial charge < -0.3 is 9.47 Å². The molecule has 0 bridgehead atoms. The molecule has 0 spiro atoms. The molecule has 2 aromatic rings. The summed E-state index contributed by atoms with van der Waals surface area (Å²) in [5.41, 5.74) is -5.69. The minimum atomic E-state index is -5.37. The predicted molar refractivity (Wildman–Crippen MR) is 80.4 cm³/mol. The van der Waals surface area contributed by atoms with Crippen LogP contribution in [0, 0.1) is 10.1 Å². The number of halogens is 6. The zero-order valence-corrected chi connectivity index (χ0v) is 13.5. The third-order valence-electron chi connectivity index (χ3n) is 3.44. The number of benzene rings is 2. The van der Waals surface area contributed by atoms with Crippen molar-refractivity contribution < 1.29 is 40.7 Å². The van der Waals surface area contributed by atoms with Crippen LogP contribution in [-0.4, -0.2) is 12.0 Å². The average Bonchev–Trinajstić information content (AvgIpc) is 2.57.